The number of hydrogen-bond donors (Lipinski definition) is 1. The summed E-state index contributed by atoms with van der Waals surface area (Å²) in [6.45, 7) is 5.16. The van der Waals surface area contributed by atoms with Crippen molar-refractivity contribution in [2.75, 3.05) is 33.0 Å². The minimum absolute atomic E-state index is 0.0155. The van der Waals surface area contributed by atoms with E-state index in [9.17, 15) is 5.11 Å². The van der Waals surface area contributed by atoms with Gasteiger partial charge in [-0.25, -0.2) is 0 Å². The number of aliphatic hydroxyl groups is 1. The second-order valence-corrected chi connectivity index (χ2v) is 5.38. The fraction of sp³-hybridized carbons (Fsp3) is 0.647. The third-order valence-electron chi connectivity index (χ3n) is 3.69. The molecule has 1 N–H and O–H groups in total. The highest BCUT2D eigenvalue weighted by atomic mass is 16.7. The Labute approximate surface area is 136 Å². The molecule has 2 rings (SSSR count). The van der Waals surface area contributed by atoms with E-state index in [4.69, 9.17) is 36.5 Å². The highest BCUT2D eigenvalue weighted by Crippen LogP contribution is 2.28. The first-order valence-electron chi connectivity index (χ1n) is 7.47. The molecule has 6 heteroatoms. The largest absolute Gasteiger partial charge is 0.378 e. The predicted molar refractivity (Wildman–Crippen MR) is 82.3 cm³/mol. The van der Waals surface area contributed by atoms with Gasteiger partial charge in [-0.2, -0.15) is 0 Å². The molecule has 0 aliphatic carbocycles. The molecule has 2 aliphatic rings. The van der Waals surface area contributed by atoms with Crippen LogP contribution in [0.1, 0.15) is 6.42 Å². The Hall–Kier alpha value is -1.38. The molecule has 5 unspecified atom stereocenters. The lowest BCUT2D eigenvalue weighted by Crippen LogP contribution is -2.61. The van der Waals surface area contributed by atoms with Crippen LogP contribution in [0.4, 0.5) is 0 Å². The van der Waals surface area contributed by atoms with Gasteiger partial charge in [0.1, 0.15) is 37.6 Å². The SMILES string of the molecule is C#CCOC1C(O)OC2COCCC(=C)COC2C1OCC#C. The maximum atomic E-state index is 10.2. The zero-order valence-electron chi connectivity index (χ0n) is 13.0. The highest BCUT2D eigenvalue weighted by molar-refractivity contribution is 4.99. The first kappa shape index (κ1) is 18.0. The zero-order chi connectivity index (χ0) is 16.7. The summed E-state index contributed by atoms with van der Waals surface area (Å²) in [4.78, 5) is 0. The van der Waals surface area contributed by atoms with E-state index in [1.165, 1.54) is 0 Å². The lowest BCUT2D eigenvalue weighted by Gasteiger charge is -2.43. The first-order chi connectivity index (χ1) is 11.2. The summed E-state index contributed by atoms with van der Waals surface area (Å²) < 4.78 is 28.2. The molecule has 0 bridgehead atoms. The van der Waals surface area contributed by atoms with Crippen LogP contribution in [0.15, 0.2) is 12.2 Å². The van der Waals surface area contributed by atoms with E-state index in [0.717, 1.165) is 5.57 Å². The van der Waals surface area contributed by atoms with E-state index in [-0.39, 0.29) is 19.8 Å². The standard InChI is InChI=1S/C17H22O6/c1-4-7-20-15-14-13(11-19-9-6-12(3)10-22-14)23-17(18)16(15)21-8-5-2/h1-2,13-18H,3,6-11H2. The molecule has 126 valence electrons. The van der Waals surface area contributed by atoms with Crippen molar-refractivity contribution in [3.63, 3.8) is 0 Å². The maximum Gasteiger partial charge on any atom is 0.184 e. The van der Waals surface area contributed by atoms with Crippen molar-refractivity contribution >= 4 is 0 Å². The summed E-state index contributed by atoms with van der Waals surface area (Å²) in [7, 11) is 0. The second kappa shape index (κ2) is 9.05. The number of fused-ring (bicyclic) bond motifs is 1. The molecule has 0 aromatic rings. The maximum absolute atomic E-state index is 10.2. The van der Waals surface area contributed by atoms with Gasteiger partial charge in [-0.1, -0.05) is 18.4 Å². The van der Waals surface area contributed by atoms with Crippen LogP contribution in [-0.4, -0.2) is 68.8 Å². The summed E-state index contributed by atoms with van der Waals surface area (Å²) in [5, 5.41) is 10.2. The van der Waals surface area contributed by atoms with E-state index in [2.05, 4.69) is 18.4 Å². The lowest BCUT2D eigenvalue weighted by atomic mass is 9.98. The minimum Gasteiger partial charge on any atom is -0.378 e. The average molecular weight is 322 g/mol. The molecule has 0 amide bonds. The quantitative estimate of drug-likeness (QED) is 0.585. The van der Waals surface area contributed by atoms with Gasteiger partial charge in [0.05, 0.1) is 19.8 Å². The third-order valence-corrected chi connectivity index (χ3v) is 3.69. The summed E-state index contributed by atoms with van der Waals surface area (Å²) >= 11 is 0. The van der Waals surface area contributed by atoms with Gasteiger partial charge in [-0.3, -0.25) is 0 Å². The van der Waals surface area contributed by atoms with E-state index >= 15 is 0 Å². The smallest absolute Gasteiger partial charge is 0.184 e. The van der Waals surface area contributed by atoms with Crippen molar-refractivity contribution in [1.29, 1.82) is 0 Å². The van der Waals surface area contributed by atoms with Gasteiger partial charge in [-0.05, 0) is 12.0 Å². The minimum atomic E-state index is -1.21. The Kier molecular flexibility index (Phi) is 7.07. The number of terminal acetylenes is 2. The van der Waals surface area contributed by atoms with Crippen LogP contribution < -0.4 is 0 Å². The summed E-state index contributed by atoms with van der Waals surface area (Å²) in [6.07, 6.45) is 7.57. The van der Waals surface area contributed by atoms with Crippen molar-refractivity contribution in [3.05, 3.63) is 12.2 Å². The molecule has 0 radical (unpaired) electrons. The monoisotopic (exact) mass is 322 g/mol. The van der Waals surface area contributed by atoms with Gasteiger partial charge in [-0.15, -0.1) is 12.8 Å². The molecule has 5 atom stereocenters. The van der Waals surface area contributed by atoms with Gasteiger partial charge < -0.3 is 28.8 Å². The molecule has 0 aromatic heterocycles. The molecule has 23 heavy (non-hydrogen) atoms. The van der Waals surface area contributed by atoms with Gasteiger partial charge >= 0.3 is 0 Å². The Morgan fingerprint density at radius 1 is 1.22 bits per heavy atom. The lowest BCUT2D eigenvalue weighted by molar-refractivity contribution is -0.306. The molecule has 2 saturated heterocycles. The molecule has 2 aliphatic heterocycles. The van der Waals surface area contributed by atoms with Crippen LogP contribution in [0.3, 0.4) is 0 Å². The normalized spacial score (nSPS) is 35.1. The van der Waals surface area contributed by atoms with Crippen molar-refractivity contribution in [2.24, 2.45) is 0 Å². The molecule has 0 saturated carbocycles. The summed E-state index contributed by atoms with van der Waals surface area (Å²) in [5.41, 5.74) is 0.911. The van der Waals surface area contributed by atoms with E-state index in [1.807, 2.05) is 0 Å². The van der Waals surface area contributed by atoms with Crippen molar-refractivity contribution in [1.82, 2.24) is 0 Å². The second-order valence-electron chi connectivity index (χ2n) is 5.38. The van der Waals surface area contributed by atoms with Crippen LogP contribution in [0, 0.1) is 24.7 Å². The number of ether oxygens (including phenoxy) is 5. The van der Waals surface area contributed by atoms with Gasteiger partial charge in [0, 0.05) is 0 Å². The number of hydrogen-bond acceptors (Lipinski definition) is 6. The van der Waals surface area contributed by atoms with Crippen LogP contribution in [0.2, 0.25) is 0 Å². The summed E-state index contributed by atoms with van der Waals surface area (Å²) in [6, 6.07) is 0. The molecular weight excluding hydrogens is 300 g/mol. The highest BCUT2D eigenvalue weighted by Gasteiger charge is 2.48. The van der Waals surface area contributed by atoms with Crippen molar-refractivity contribution in [2.45, 2.75) is 37.1 Å². The van der Waals surface area contributed by atoms with Crippen molar-refractivity contribution in [3.8, 4) is 24.7 Å². The van der Waals surface area contributed by atoms with Crippen LogP contribution >= 0.6 is 0 Å². The fourth-order valence-electron chi connectivity index (χ4n) is 2.59. The number of rotatable bonds is 4. The molecule has 2 fully saturated rings. The van der Waals surface area contributed by atoms with Gasteiger partial charge in [0.25, 0.3) is 0 Å². The van der Waals surface area contributed by atoms with Crippen LogP contribution in [-0.2, 0) is 23.7 Å². The predicted octanol–water partition coefficient (Wildman–Crippen LogP) is 0.102. The average Bonchev–Trinajstić information content (AvgIpc) is 2.62. The molecule has 6 nitrogen and oxygen atoms in total. The van der Waals surface area contributed by atoms with Crippen LogP contribution in [0.25, 0.3) is 0 Å². The van der Waals surface area contributed by atoms with Crippen LogP contribution in [0.5, 0.6) is 0 Å². The van der Waals surface area contributed by atoms with E-state index in [1.54, 1.807) is 0 Å². The van der Waals surface area contributed by atoms with Gasteiger partial charge in [0.15, 0.2) is 6.29 Å². The van der Waals surface area contributed by atoms with Gasteiger partial charge in [0.2, 0.25) is 0 Å². The Bertz CT molecular complexity index is 476. The zero-order valence-corrected chi connectivity index (χ0v) is 13.0. The Balaban J connectivity index is 2.18. The molecule has 0 spiro atoms. The van der Waals surface area contributed by atoms with E-state index in [0.29, 0.717) is 19.6 Å². The fourth-order valence-corrected chi connectivity index (χ4v) is 2.59. The topological polar surface area (TPSA) is 66.4 Å². The Morgan fingerprint density at radius 3 is 2.61 bits per heavy atom. The first-order valence-corrected chi connectivity index (χ1v) is 7.47. The third kappa shape index (κ3) is 4.79. The molecule has 0 aromatic carbocycles. The summed E-state index contributed by atoms with van der Waals surface area (Å²) in [5.74, 6) is 4.77. The Morgan fingerprint density at radius 2 is 1.91 bits per heavy atom. The van der Waals surface area contributed by atoms with E-state index < -0.39 is 30.7 Å². The molecular formula is C17H22O6. The van der Waals surface area contributed by atoms with Crippen molar-refractivity contribution < 1.29 is 28.8 Å². The molecule has 2 heterocycles. The number of aliphatic hydroxyl groups excluding tert-OH is 1.